The molecule has 0 aliphatic carbocycles. The van der Waals surface area contributed by atoms with Gasteiger partial charge in [-0.05, 0) is 17.7 Å². The Balaban J connectivity index is 2.35. The van der Waals surface area contributed by atoms with Crippen LogP contribution in [0.4, 0.5) is 0 Å². The quantitative estimate of drug-likeness (QED) is 0.613. The van der Waals surface area contributed by atoms with Crippen molar-refractivity contribution >= 4 is 34.7 Å². The molecule has 0 amide bonds. The Bertz CT molecular complexity index is 706. The van der Waals surface area contributed by atoms with Gasteiger partial charge in [0.05, 0.1) is 17.2 Å². The van der Waals surface area contributed by atoms with Crippen LogP contribution >= 0.6 is 23.2 Å². The van der Waals surface area contributed by atoms with Gasteiger partial charge in [-0.15, -0.1) is 0 Å². The number of hydrogen-bond donors (Lipinski definition) is 1. The van der Waals surface area contributed by atoms with Crippen molar-refractivity contribution in [2.45, 2.75) is 0 Å². The van der Waals surface area contributed by atoms with Gasteiger partial charge in [0.2, 0.25) is 0 Å². The Hall–Kier alpha value is -2.17. The van der Waals surface area contributed by atoms with E-state index >= 15 is 0 Å². The zero-order valence-corrected chi connectivity index (χ0v) is 13.8. The van der Waals surface area contributed by atoms with Gasteiger partial charge in [-0.3, -0.25) is 0 Å². The van der Waals surface area contributed by atoms with E-state index in [0.717, 1.165) is 0 Å². The predicted octanol–water partition coefficient (Wildman–Crippen LogP) is 4.51. The summed E-state index contributed by atoms with van der Waals surface area (Å²) in [6.45, 7) is -0.115. The molecule has 0 aliphatic heterocycles. The maximum Gasteiger partial charge on any atom is 0.339 e. The highest BCUT2D eigenvalue weighted by Crippen LogP contribution is 2.33. The molecular weight excluding hydrogens is 339 g/mol. The molecule has 2 rings (SSSR count). The molecule has 6 heteroatoms. The largest absolute Gasteiger partial charge is 0.497 e. The fourth-order valence-corrected chi connectivity index (χ4v) is 2.51. The summed E-state index contributed by atoms with van der Waals surface area (Å²) in [6.07, 6.45) is 0. The van der Waals surface area contributed by atoms with Crippen molar-refractivity contribution in [2.75, 3.05) is 13.7 Å². The number of hydrogen-bond acceptors (Lipinski definition) is 3. The standard InChI is InChI=1S/C17H14Cl2O4/c1-22-14(10-23-16-12(18)8-5-9-13(16)19)15(17(20)21)11-6-3-2-4-7-11/h2-9H,10H2,1H3,(H,20,21). The van der Waals surface area contributed by atoms with Crippen LogP contribution in [0.5, 0.6) is 5.75 Å². The van der Waals surface area contributed by atoms with Gasteiger partial charge in [0.25, 0.3) is 0 Å². The van der Waals surface area contributed by atoms with E-state index in [1.807, 2.05) is 0 Å². The van der Waals surface area contributed by atoms with Crippen molar-refractivity contribution in [1.82, 2.24) is 0 Å². The number of ether oxygens (including phenoxy) is 2. The van der Waals surface area contributed by atoms with Crippen LogP contribution in [0.15, 0.2) is 54.3 Å². The van der Waals surface area contributed by atoms with Crippen LogP contribution < -0.4 is 4.74 Å². The van der Waals surface area contributed by atoms with Crippen LogP contribution in [0.2, 0.25) is 10.0 Å². The number of rotatable bonds is 6. The Morgan fingerprint density at radius 2 is 1.65 bits per heavy atom. The van der Waals surface area contributed by atoms with Gasteiger partial charge in [0, 0.05) is 0 Å². The number of para-hydroxylation sites is 1. The van der Waals surface area contributed by atoms with Crippen LogP contribution in [0.3, 0.4) is 0 Å². The summed E-state index contributed by atoms with van der Waals surface area (Å²) in [6, 6.07) is 13.6. The highest BCUT2D eigenvalue weighted by Gasteiger charge is 2.19. The molecule has 120 valence electrons. The van der Waals surface area contributed by atoms with Crippen LogP contribution in [0.1, 0.15) is 5.56 Å². The maximum absolute atomic E-state index is 11.6. The van der Waals surface area contributed by atoms with Crippen LogP contribution in [-0.2, 0) is 9.53 Å². The Morgan fingerprint density at radius 1 is 1.04 bits per heavy atom. The van der Waals surface area contributed by atoms with E-state index in [-0.39, 0.29) is 23.7 Å². The summed E-state index contributed by atoms with van der Waals surface area (Å²) in [7, 11) is 1.39. The molecule has 23 heavy (non-hydrogen) atoms. The molecule has 0 aromatic heterocycles. The smallest absolute Gasteiger partial charge is 0.339 e. The molecular formula is C17H14Cl2O4. The van der Waals surface area contributed by atoms with E-state index < -0.39 is 5.97 Å². The van der Waals surface area contributed by atoms with E-state index in [9.17, 15) is 9.90 Å². The number of methoxy groups -OCH3 is 1. The minimum atomic E-state index is -1.11. The third-order valence-electron chi connectivity index (χ3n) is 3.07. The maximum atomic E-state index is 11.6. The molecule has 2 aromatic rings. The lowest BCUT2D eigenvalue weighted by Gasteiger charge is -2.14. The lowest BCUT2D eigenvalue weighted by Crippen LogP contribution is -2.11. The predicted molar refractivity (Wildman–Crippen MR) is 90.0 cm³/mol. The molecule has 1 N–H and O–H groups in total. The van der Waals surface area contributed by atoms with Crippen LogP contribution in [-0.4, -0.2) is 24.8 Å². The molecule has 0 radical (unpaired) electrons. The zero-order chi connectivity index (χ0) is 16.8. The molecule has 0 atom stereocenters. The van der Waals surface area contributed by atoms with Crippen molar-refractivity contribution in [2.24, 2.45) is 0 Å². The first-order valence-corrected chi connectivity index (χ1v) is 7.43. The summed E-state index contributed by atoms with van der Waals surface area (Å²) < 4.78 is 10.8. The first-order valence-electron chi connectivity index (χ1n) is 6.67. The topological polar surface area (TPSA) is 55.8 Å². The Labute approximate surface area is 143 Å². The van der Waals surface area contributed by atoms with Crippen molar-refractivity contribution in [3.8, 4) is 5.75 Å². The molecule has 0 heterocycles. The van der Waals surface area contributed by atoms with E-state index in [2.05, 4.69) is 0 Å². The molecule has 2 aromatic carbocycles. The molecule has 0 spiro atoms. The van der Waals surface area contributed by atoms with Gasteiger partial charge in [0.15, 0.2) is 5.75 Å². The average molecular weight is 353 g/mol. The van der Waals surface area contributed by atoms with Crippen molar-refractivity contribution in [3.05, 3.63) is 69.9 Å². The van der Waals surface area contributed by atoms with Gasteiger partial charge in [0.1, 0.15) is 17.9 Å². The zero-order valence-electron chi connectivity index (χ0n) is 12.3. The highest BCUT2D eigenvalue weighted by atomic mass is 35.5. The number of halogens is 2. The lowest BCUT2D eigenvalue weighted by atomic mass is 10.1. The average Bonchev–Trinajstić information content (AvgIpc) is 2.53. The highest BCUT2D eigenvalue weighted by molar-refractivity contribution is 6.37. The third kappa shape index (κ3) is 4.18. The van der Waals surface area contributed by atoms with Crippen molar-refractivity contribution in [3.63, 3.8) is 0 Å². The van der Waals surface area contributed by atoms with Crippen molar-refractivity contribution < 1.29 is 19.4 Å². The van der Waals surface area contributed by atoms with Crippen LogP contribution in [0, 0.1) is 0 Å². The molecule has 4 nitrogen and oxygen atoms in total. The van der Waals surface area contributed by atoms with E-state index in [1.54, 1.807) is 48.5 Å². The second kappa shape index (κ2) is 7.90. The fourth-order valence-electron chi connectivity index (χ4n) is 2.00. The van der Waals surface area contributed by atoms with Crippen molar-refractivity contribution in [1.29, 1.82) is 0 Å². The minimum absolute atomic E-state index is 0.0243. The number of benzene rings is 2. The Morgan fingerprint density at radius 3 is 2.17 bits per heavy atom. The minimum Gasteiger partial charge on any atom is -0.497 e. The van der Waals surface area contributed by atoms with Gasteiger partial charge in [-0.25, -0.2) is 4.79 Å². The Kier molecular flexibility index (Phi) is 5.90. The van der Waals surface area contributed by atoms with Crippen LogP contribution in [0.25, 0.3) is 5.57 Å². The van der Waals surface area contributed by atoms with E-state index in [4.69, 9.17) is 32.7 Å². The van der Waals surface area contributed by atoms with E-state index in [0.29, 0.717) is 15.6 Å². The summed E-state index contributed by atoms with van der Waals surface area (Å²) in [5.41, 5.74) is 0.544. The number of carboxylic acid groups (broad SMARTS) is 1. The summed E-state index contributed by atoms with van der Waals surface area (Å²) >= 11 is 12.1. The SMILES string of the molecule is COC(COc1c(Cl)cccc1Cl)=C(C(=O)O)c1ccccc1. The molecule has 0 unspecified atom stereocenters. The van der Waals surface area contributed by atoms with E-state index in [1.165, 1.54) is 7.11 Å². The van der Waals surface area contributed by atoms with Gasteiger partial charge < -0.3 is 14.6 Å². The molecule has 0 fully saturated rings. The molecule has 0 bridgehead atoms. The van der Waals surface area contributed by atoms with Gasteiger partial charge in [-0.1, -0.05) is 59.6 Å². The monoisotopic (exact) mass is 352 g/mol. The molecule has 0 saturated carbocycles. The van der Waals surface area contributed by atoms with Gasteiger partial charge in [-0.2, -0.15) is 0 Å². The second-order valence-corrected chi connectivity index (χ2v) is 5.33. The summed E-state index contributed by atoms with van der Waals surface area (Å²) in [4.78, 5) is 11.6. The number of aliphatic carboxylic acids is 1. The second-order valence-electron chi connectivity index (χ2n) is 4.51. The normalized spacial score (nSPS) is 11.6. The fraction of sp³-hybridized carbons (Fsp3) is 0.118. The molecule has 0 saturated heterocycles. The first-order chi connectivity index (χ1) is 11.0. The summed E-state index contributed by atoms with van der Waals surface area (Å²) in [5, 5.41) is 10.2. The molecule has 0 aliphatic rings. The number of carbonyl (C=O) groups is 1. The number of carboxylic acids is 1. The lowest BCUT2D eigenvalue weighted by molar-refractivity contribution is -0.130. The summed E-state index contributed by atoms with van der Waals surface area (Å²) in [5.74, 6) is -0.662. The first kappa shape index (κ1) is 17.2. The third-order valence-corrected chi connectivity index (χ3v) is 3.66. The van der Waals surface area contributed by atoms with Gasteiger partial charge >= 0.3 is 5.97 Å².